The number of likely N-dealkylation sites (tertiary alicyclic amines) is 1. The number of carbonyl (C=O) groups excluding carboxylic acids is 2. The number of aryl methyl sites for hydroxylation is 2. The summed E-state index contributed by atoms with van der Waals surface area (Å²) in [6, 6.07) is 13.4. The predicted molar refractivity (Wildman–Crippen MR) is 137 cm³/mol. The summed E-state index contributed by atoms with van der Waals surface area (Å²) in [6.45, 7) is 7.89. The number of piperidine rings is 1. The smallest absolute Gasteiger partial charge is 0.271 e. The molecule has 6 nitrogen and oxygen atoms in total. The second kappa shape index (κ2) is 9.06. The van der Waals surface area contributed by atoms with Crippen LogP contribution in [0.1, 0.15) is 51.7 Å². The van der Waals surface area contributed by atoms with Crippen LogP contribution in [0, 0.1) is 19.8 Å². The summed E-state index contributed by atoms with van der Waals surface area (Å²) in [5.74, 6) is 0.598. The normalized spacial score (nSPS) is 14.5. The summed E-state index contributed by atoms with van der Waals surface area (Å²) in [5.41, 5.74) is 5.90. The van der Waals surface area contributed by atoms with Crippen LogP contribution in [0.3, 0.4) is 0 Å². The Labute approximate surface area is 203 Å². The van der Waals surface area contributed by atoms with Gasteiger partial charge in [0.05, 0.1) is 5.69 Å². The van der Waals surface area contributed by atoms with Crippen molar-refractivity contribution in [1.29, 1.82) is 0 Å². The number of amides is 2. The highest BCUT2D eigenvalue weighted by molar-refractivity contribution is 7.15. The van der Waals surface area contributed by atoms with Crippen LogP contribution in [-0.2, 0) is 0 Å². The number of thiazole rings is 1. The minimum absolute atomic E-state index is 0.0662. The number of fused-ring (bicyclic) bond motifs is 1. The molecule has 4 aromatic rings. The van der Waals surface area contributed by atoms with Gasteiger partial charge in [-0.15, -0.1) is 11.3 Å². The molecule has 0 atom stereocenters. The Morgan fingerprint density at radius 1 is 1.06 bits per heavy atom. The van der Waals surface area contributed by atoms with E-state index in [0.717, 1.165) is 53.3 Å². The molecule has 2 amide bonds. The topological polar surface area (TPSA) is 66.7 Å². The molecule has 1 N–H and O–H groups in total. The van der Waals surface area contributed by atoms with E-state index >= 15 is 0 Å². The number of anilines is 1. The first kappa shape index (κ1) is 22.3. The van der Waals surface area contributed by atoms with Crippen LogP contribution in [0.15, 0.2) is 54.0 Å². The summed E-state index contributed by atoms with van der Waals surface area (Å²) in [5, 5.41) is 4.88. The number of nitrogens with one attached hydrogen (secondary N) is 1. The van der Waals surface area contributed by atoms with Gasteiger partial charge in [-0.3, -0.25) is 14.0 Å². The van der Waals surface area contributed by atoms with E-state index in [1.165, 1.54) is 11.3 Å². The average molecular weight is 473 g/mol. The zero-order chi connectivity index (χ0) is 23.8. The highest BCUT2D eigenvalue weighted by Gasteiger charge is 2.24. The lowest BCUT2D eigenvalue weighted by Crippen LogP contribution is -2.38. The lowest BCUT2D eigenvalue weighted by Gasteiger charge is -2.30. The second-order valence-electron chi connectivity index (χ2n) is 9.21. The number of rotatable bonds is 4. The van der Waals surface area contributed by atoms with E-state index in [-0.39, 0.29) is 11.8 Å². The number of imidazole rings is 1. The van der Waals surface area contributed by atoms with E-state index < -0.39 is 0 Å². The molecule has 2 aromatic carbocycles. The molecule has 1 aliphatic rings. The van der Waals surface area contributed by atoms with Gasteiger partial charge in [0, 0.05) is 41.5 Å². The minimum Gasteiger partial charge on any atom is -0.337 e. The summed E-state index contributed by atoms with van der Waals surface area (Å²) in [4.78, 5) is 33.3. The van der Waals surface area contributed by atoms with Gasteiger partial charge >= 0.3 is 0 Å². The van der Waals surface area contributed by atoms with E-state index in [2.05, 4.69) is 12.2 Å². The van der Waals surface area contributed by atoms with Crippen molar-refractivity contribution in [2.45, 2.75) is 33.6 Å². The molecule has 7 heteroatoms. The second-order valence-corrected chi connectivity index (χ2v) is 10.0. The van der Waals surface area contributed by atoms with E-state index in [1.54, 1.807) is 0 Å². The van der Waals surface area contributed by atoms with Gasteiger partial charge in [-0.25, -0.2) is 4.98 Å². The molecule has 1 aliphatic heterocycles. The molecule has 0 spiro atoms. The van der Waals surface area contributed by atoms with E-state index in [0.29, 0.717) is 22.9 Å². The molecule has 0 unspecified atom stereocenters. The Bertz CT molecular complexity index is 1380. The molecule has 1 fully saturated rings. The van der Waals surface area contributed by atoms with Crippen LogP contribution < -0.4 is 5.32 Å². The van der Waals surface area contributed by atoms with Crippen molar-refractivity contribution in [3.8, 4) is 11.3 Å². The van der Waals surface area contributed by atoms with Crippen molar-refractivity contribution in [2.75, 3.05) is 18.4 Å². The quantitative estimate of drug-likeness (QED) is 0.408. The number of carbonyl (C=O) groups is 2. The van der Waals surface area contributed by atoms with Crippen LogP contribution >= 0.6 is 11.3 Å². The Hall–Kier alpha value is -3.45. The van der Waals surface area contributed by atoms with Crippen molar-refractivity contribution in [1.82, 2.24) is 14.3 Å². The highest BCUT2D eigenvalue weighted by Crippen LogP contribution is 2.27. The number of aromatic nitrogens is 2. The Morgan fingerprint density at radius 3 is 2.62 bits per heavy atom. The molecular weight excluding hydrogens is 444 g/mol. The standard InChI is InChI=1S/C27H28N4O2S/c1-17-9-11-30(12-10-17)26(33)24-16-34-27-29-23(15-31(24)27)20-5-4-6-22(14-20)28-25(32)21-8-7-18(2)19(3)13-21/h4-8,13-17H,9-12H2,1-3H3,(H,28,32). The van der Waals surface area contributed by atoms with Gasteiger partial charge in [0.2, 0.25) is 0 Å². The predicted octanol–water partition coefficient (Wildman–Crippen LogP) is 5.80. The molecule has 3 heterocycles. The van der Waals surface area contributed by atoms with Crippen LogP contribution in [0.5, 0.6) is 0 Å². The number of benzene rings is 2. The first-order valence-electron chi connectivity index (χ1n) is 11.6. The summed E-state index contributed by atoms with van der Waals surface area (Å²) in [7, 11) is 0. The van der Waals surface area contributed by atoms with Gasteiger partial charge in [-0.1, -0.05) is 25.1 Å². The maximum Gasteiger partial charge on any atom is 0.271 e. The number of hydrogen-bond acceptors (Lipinski definition) is 4. The lowest BCUT2D eigenvalue weighted by molar-refractivity contribution is 0.0690. The fraction of sp³-hybridized carbons (Fsp3) is 0.296. The van der Waals surface area contributed by atoms with E-state index in [9.17, 15) is 9.59 Å². The molecule has 2 aromatic heterocycles. The summed E-state index contributed by atoms with van der Waals surface area (Å²) >= 11 is 1.47. The maximum absolute atomic E-state index is 13.1. The third-order valence-electron chi connectivity index (χ3n) is 6.68. The molecule has 34 heavy (non-hydrogen) atoms. The SMILES string of the molecule is Cc1ccc(C(=O)Nc2cccc(-c3cn4c(C(=O)N5CCC(C)CC5)csc4n3)c2)cc1C. The van der Waals surface area contributed by atoms with Crippen molar-refractivity contribution in [3.63, 3.8) is 0 Å². The molecule has 0 saturated carbocycles. The molecule has 0 aliphatic carbocycles. The van der Waals surface area contributed by atoms with Crippen molar-refractivity contribution < 1.29 is 9.59 Å². The van der Waals surface area contributed by atoms with Gasteiger partial charge in [0.25, 0.3) is 11.8 Å². The fourth-order valence-corrected chi connectivity index (χ4v) is 5.14. The largest absolute Gasteiger partial charge is 0.337 e. The molecule has 5 rings (SSSR count). The van der Waals surface area contributed by atoms with Gasteiger partial charge in [-0.05, 0) is 68.0 Å². The zero-order valence-corrected chi connectivity index (χ0v) is 20.5. The fourth-order valence-electron chi connectivity index (χ4n) is 4.29. The zero-order valence-electron chi connectivity index (χ0n) is 19.7. The summed E-state index contributed by atoms with van der Waals surface area (Å²) < 4.78 is 1.89. The van der Waals surface area contributed by atoms with Crippen LogP contribution in [0.4, 0.5) is 5.69 Å². The third-order valence-corrected chi connectivity index (χ3v) is 7.52. The first-order chi connectivity index (χ1) is 16.4. The van der Waals surface area contributed by atoms with Gasteiger partial charge < -0.3 is 10.2 Å². The Morgan fingerprint density at radius 2 is 1.85 bits per heavy atom. The van der Waals surface area contributed by atoms with Gasteiger partial charge in [0.1, 0.15) is 5.69 Å². The van der Waals surface area contributed by atoms with Gasteiger partial charge in [0.15, 0.2) is 4.96 Å². The van der Waals surface area contributed by atoms with Crippen molar-refractivity contribution in [2.24, 2.45) is 5.92 Å². The van der Waals surface area contributed by atoms with Crippen molar-refractivity contribution in [3.05, 3.63) is 76.4 Å². The molecule has 0 bridgehead atoms. The molecule has 174 valence electrons. The Balaban J connectivity index is 1.37. The first-order valence-corrected chi connectivity index (χ1v) is 12.5. The monoisotopic (exact) mass is 472 g/mol. The third kappa shape index (κ3) is 4.35. The summed E-state index contributed by atoms with van der Waals surface area (Å²) in [6.07, 6.45) is 4.01. The lowest BCUT2D eigenvalue weighted by atomic mass is 9.99. The molecular formula is C27H28N4O2S. The van der Waals surface area contributed by atoms with E-state index in [4.69, 9.17) is 4.98 Å². The average Bonchev–Trinajstić information content (AvgIpc) is 3.42. The van der Waals surface area contributed by atoms with Crippen LogP contribution in [-0.4, -0.2) is 39.2 Å². The maximum atomic E-state index is 13.1. The molecule has 1 saturated heterocycles. The van der Waals surface area contributed by atoms with E-state index in [1.807, 2.05) is 77.2 Å². The number of hydrogen-bond donors (Lipinski definition) is 1. The minimum atomic E-state index is -0.144. The highest BCUT2D eigenvalue weighted by atomic mass is 32.1. The van der Waals surface area contributed by atoms with Crippen LogP contribution in [0.25, 0.3) is 16.2 Å². The van der Waals surface area contributed by atoms with Crippen molar-refractivity contribution >= 4 is 33.8 Å². The Kier molecular flexibility index (Phi) is 5.96. The van der Waals surface area contributed by atoms with Crippen LogP contribution in [0.2, 0.25) is 0 Å². The van der Waals surface area contributed by atoms with Gasteiger partial charge in [-0.2, -0.15) is 0 Å². The number of nitrogens with zero attached hydrogens (tertiary/aromatic N) is 3. The molecule has 0 radical (unpaired) electrons.